The predicted octanol–water partition coefficient (Wildman–Crippen LogP) is 4.77. The number of imide groups is 1. The van der Waals surface area contributed by atoms with Gasteiger partial charge in [0, 0.05) is 17.3 Å². The molecule has 0 bridgehead atoms. The van der Waals surface area contributed by atoms with Gasteiger partial charge in [-0.05, 0) is 72.6 Å². The highest BCUT2D eigenvalue weighted by Gasteiger charge is 2.46. The molecule has 1 aliphatic rings. The Hall–Kier alpha value is -4.24. The first kappa shape index (κ1) is 26.8. The highest BCUT2D eigenvalue weighted by atomic mass is 35.5. The van der Waals surface area contributed by atoms with Crippen LogP contribution in [0.2, 0.25) is 5.02 Å². The van der Waals surface area contributed by atoms with Gasteiger partial charge in [0.2, 0.25) is 5.91 Å². The molecule has 38 heavy (non-hydrogen) atoms. The van der Waals surface area contributed by atoms with Crippen LogP contribution in [0.3, 0.4) is 0 Å². The molecule has 9 nitrogen and oxygen atoms in total. The number of carbonyl (C=O) groups excluding carboxylic acids is 3. The van der Waals surface area contributed by atoms with Gasteiger partial charge in [0.25, 0.3) is 5.91 Å². The summed E-state index contributed by atoms with van der Waals surface area (Å²) in [6.45, 7) is 0.213. The molecule has 4 amide bonds. The Labute approximate surface area is 225 Å². The third kappa shape index (κ3) is 5.84. The maximum Gasteiger partial charge on any atom is 0.332 e. The van der Waals surface area contributed by atoms with E-state index < -0.39 is 23.9 Å². The van der Waals surface area contributed by atoms with Gasteiger partial charge >= 0.3 is 6.03 Å². The minimum atomic E-state index is -0.975. The van der Waals surface area contributed by atoms with Crippen LogP contribution in [0.5, 0.6) is 17.2 Å². The van der Waals surface area contributed by atoms with Crippen molar-refractivity contribution in [1.29, 1.82) is 0 Å². The van der Waals surface area contributed by atoms with Crippen LogP contribution in [0.25, 0.3) is 0 Å². The van der Waals surface area contributed by atoms with Gasteiger partial charge in [-0.3, -0.25) is 9.59 Å². The molecule has 3 aromatic rings. The van der Waals surface area contributed by atoms with Crippen molar-refractivity contribution < 1.29 is 28.6 Å². The SMILES string of the molecule is COc1ccc(NC(=O)C[C@H]2C(=O)N(c3ccc(Cl)cc3)C(=O)N2CCc2ccc(OC)c(OC)c2)cc1. The van der Waals surface area contributed by atoms with Crippen molar-refractivity contribution in [3.05, 3.63) is 77.3 Å². The van der Waals surface area contributed by atoms with Gasteiger partial charge in [0.1, 0.15) is 11.8 Å². The summed E-state index contributed by atoms with van der Waals surface area (Å²) in [5.41, 5.74) is 1.83. The molecular weight excluding hydrogens is 510 g/mol. The maximum atomic E-state index is 13.5. The first-order chi connectivity index (χ1) is 18.3. The standard InChI is InChI=1S/C28H28ClN3O6/c1-36-22-11-7-20(8-12-22)30-26(33)17-23-27(34)32(21-9-5-19(29)6-10-21)28(35)31(23)15-14-18-4-13-24(37-2)25(16-18)38-3/h4-13,16,23H,14-15,17H2,1-3H3,(H,30,33)/t23-/m0/s1. The summed E-state index contributed by atoms with van der Waals surface area (Å²) < 4.78 is 15.8. The highest BCUT2D eigenvalue weighted by molar-refractivity contribution is 6.30. The van der Waals surface area contributed by atoms with E-state index in [1.165, 1.54) is 4.90 Å². The van der Waals surface area contributed by atoms with Crippen LogP contribution in [-0.2, 0) is 16.0 Å². The van der Waals surface area contributed by atoms with E-state index in [2.05, 4.69) is 5.32 Å². The molecule has 10 heteroatoms. The minimum absolute atomic E-state index is 0.202. The zero-order chi connectivity index (χ0) is 27.2. The second kappa shape index (κ2) is 11.9. The largest absolute Gasteiger partial charge is 0.497 e. The molecule has 1 N–H and O–H groups in total. The second-order valence-electron chi connectivity index (χ2n) is 8.56. The fourth-order valence-corrected chi connectivity index (χ4v) is 4.39. The number of ether oxygens (including phenoxy) is 3. The van der Waals surface area contributed by atoms with Crippen LogP contribution in [0.15, 0.2) is 66.7 Å². The Kier molecular flexibility index (Phi) is 8.38. The van der Waals surface area contributed by atoms with Crippen molar-refractivity contribution in [3.63, 3.8) is 0 Å². The lowest BCUT2D eigenvalue weighted by Crippen LogP contribution is -2.39. The van der Waals surface area contributed by atoms with Gasteiger partial charge in [-0.1, -0.05) is 17.7 Å². The van der Waals surface area contributed by atoms with Crippen LogP contribution in [0.1, 0.15) is 12.0 Å². The summed E-state index contributed by atoms with van der Waals surface area (Å²) >= 11 is 6.00. The first-order valence-corrected chi connectivity index (χ1v) is 12.3. The van der Waals surface area contributed by atoms with E-state index in [4.69, 9.17) is 25.8 Å². The second-order valence-corrected chi connectivity index (χ2v) is 9.00. The van der Waals surface area contributed by atoms with E-state index in [9.17, 15) is 14.4 Å². The molecule has 1 saturated heterocycles. The molecule has 0 aliphatic carbocycles. The van der Waals surface area contributed by atoms with Gasteiger partial charge < -0.3 is 24.4 Å². The molecule has 0 unspecified atom stereocenters. The van der Waals surface area contributed by atoms with Gasteiger partial charge in [-0.25, -0.2) is 9.69 Å². The number of amides is 4. The fourth-order valence-electron chi connectivity index (χ4n) is 4.26. The molecule has 4 rings (SSSR count). The Morgan fingerprint density at radius 2 is 1.58 bits per heavy atom. The molecule has 3 aromatic carbocycles. The number of nitrogens with zero attached hydrogens (tertiary/aromatic N) is 2. The molecule has 0 saturated carbocycles. The lowest BCUT2D eigenvalue weighted by molar-refractivity contribution is -0.124. The molecule has 1 aliphatic heterocycles. The summed E-state index contributed by atoms with van der Waals surface area (Å²) in [6.07, 6.45) is 0.233. The average Bonchev–Trinajstić information content (AvgIpc) is 3.16. The van der Waals surface area contributed by atoms with E-state index >= 15 is 0 Å². The van der Waals surface area contributed by atoms with Crippen molar-refractivity contribution in [2.45, 2.75) is 18.9 Å². The Bertz CT molecular complexity index is 1310. The lowest BCUT2D eigenvalue weighted by Gasteiger charge is -2.22. The van der Waals surface area contributed by atoms with Gasteiger partial charge in [0.15, 0.2) is 11.5 Å². The predicted molar refractivity (Wildman–Crippen MR) is 144 cm³/mol. The molecule has 1 atom stereocenters. The average molecular weight is 538 g/mol. The number of methoxy groups -OCH3 is 3. The number of urea groups is 1. The van der Waals surface area contributed by atoms with E-state index in [-0.39, 0.29) is 13.0 Å². The molecule has 0 spiro atoms. The Balaban J connectivity index is 1.55. The van der Waals surface area contributed by atoms with Crippen molar-refractivity contribution in [3.8, 4) is 17.2 Å². The monoisotopic (exact) mass is 537 g/mol. The summed E-state index contributed by atoms with van der Waals surface area (Å²) in [6, 6.07) is 17.3. The van der Waals surface area contributed by atoms with Gasteiger partial charge in [-0.2, -0.15) is 0 Å². The van der Waals surface area contributed by atoms with Crippen LogP contribution < -0.4 is 24.4 Å². The smallest absolute Gasteiger partial charge is 0.332 e. The van der Waals surface area contributed by atoms with Crippen molar-refractivity contribution >= 4 is 40.8 Å². The minimum Gasteiger partial charge on any atom is -0.497 e. The lowest BCUT2D eigenvalue weighted by atomic mass is 10.1. The highest BCUT2D eigenvalue weighted by Crippen LogP contribution is 2.30. The third-order valence-corrected chi connectivity index (χ3v) is 6.50. The molecule has 1 fully saturated rings. The normalized spacial score (nSPS) is 15.0. The number of carbonyl (C=O) groups is 3. The van der Waals surface area contributed by atoms with Crippen molar-refractivity contribution in [2.75, 3.05) is 38.1 Å². The van der Waals surface area contributed by atoms with Crippen molar-refractivity contribution in [1.82, 2.24) is 4.90 Å². The van der Waals surface area contributed by atoms with Crippen LogP contribution in [0, 0.1) is 0 Å². The summed E-state index contributed by atoms with van der Waals surface area (Å²) in [5, 5.41) is 3.27. The molecule has 0 aromatic heterocycles. The third-order valence-electron chi connectivity index (χ3n) is 6.25. The zero-order valence-corrected chi connectivity index (χ0v) is 22.0. The topological polar surface area (TPSA) is 97.4 Å². The molecule has 198 valence electrons. The summed E-state index contributed by atoms with van der Waals surface area (Å²) in [5.74, 6) is 0.933. The summed E-state index contributed by atoms with van der Waals surface area (Å²) in [4.78, 5) is 42.4. The number of halogens is 1. The van der Waals surface area contributed by atoms with Crippen LogP contribution >= 0.6 is 11.6 Å². The maximum absolute atomic E-state index is 13.5. The van der Waals surface area contributed by atoms with Crippen LogP contribution in [-0.4, -0.2) is 56.7 Å². The zero-order valence-electron chi connectivity index (χ0n) is 21.3. The quantitative estimate of drug-likeness (QED) is 0.374. The van der Waals surface area contributed by atoms with E-state index in [1.54, 1.807) is 75.9 Å². The van der Waals surface area contributed by atoms with E-state index in [1.807, 2.05) is 12.1 Å². The number of nitrogens with one attached hydrogen (secondary N) is 1. The number of anilines is 2. The fraction of sp³-hybridized carbons (Fsp3) is 0.250. The molecule has 0 radical (unpaired) electrons. The summed E-state index contributed by atoms with van der Waals surface area (Å²) in [7, 11) is 4.66. The van der Waals surface area contributed by atoms with Gasteiger partial charge in [0.05, 0.1) is 33.4 Å². The van der Waals surface area contributed by atoms with Crippen molar-refractivity contribution in [2.24, 2.45) is 0 Å². The van der Waals surface area contributed by atoms with Gasteiger partial charge in [-0.15, -0.1) is 0 Å². The molecule has 1 heterocycles. The number of rotatable bonds is 10. The van der Waals surface area contributed by atoms with E-state index in [0.29, 0.717) is 40.1 Å². The Morgan fingerprint density at radius 1 is 0.895 bits per heavy atom. The number of benzene rings is 3. The first-order valence-electron chi connectivity index (χ1n) is 11.9. The Morgan fingerprint density at radius 3 is 2.21 bits per heavy atom. The van der Waals surface area contributed by atoms with E-state index in [0.717, 1.165) is 10.5 Å². The van der Waals surface area contributed by atoms with Crippen LogP contribution in [0.4, 0.5) is 16.2 Å². The number of hydrogen-bond acceptors (Lipinski definition) is 6. The molecular formula is C28H28ClN3O6. The number of hydrogen-bond donors (Lipinski definition) is 1.